The highest BCUT2D eigenvalue weighted by Gasteiger charge is 2.21. The number of rotatable bonds is 5. The van der Waals surface area contributed by atoms with Gasteiger partial charge in [0.15, 0.2) is 0 Å². The van der Waals surface area contributed by atoms with Crippen molar-refractivity contribution in [2.24, 2.45) is 5.73 Å². The first-order valence-corrected chi connectivity index (χ1v) is 6.96. The maximum Gasteiger partial charge on any atom is 0.131 e. The van der Waals surface area contributed by atoms with E-state index in [2.05, 4.69) is 11.9 Å². The van der Waals surface area contributed by atoms with Gasteiger partial charge in [0.1, 0.15) is 11.6 Å². The molecule has 1 heterocycles. The fourth-order valence-electron chi connectivity index (χ4n) is 2.73. The van der Waals surface area contributed by atoms with E-state index in [1.165, 1.54) is 18.9 Å². The molecule has 1 fully saturated rings. The summed E-state index contributed by atoms with van der Waals surface area (Å²) in [6.07, 6.45) is 3.46. The molecule has 3 nitrogen and oxygen atoms in total. The summed E-state index contributed by atoms with van der Waals surface area (Å²) in [5.74, 6) is 0.293. The summed E-state index contributed by atoms with van der Waals surface area (Å²) in [4.78, 5) is 2.36. The molecule has 1 aliphatic rings. The normalized spacial score (nSPS) is 21.6. The van der Waals surface area contributed by atoms with E-state index >= 15 is 0 Å². The molecule has 1 aromatic rings. The summed E-state index contributed by atoms with van der Waals surface area (Å²) in [7, 11) is 2.15. The van der Waals surface area contributed by atoms with E-state index in [0.29, 0.717) is 24.0 Å². The Labute approximate surface area is 114 Å². The van der Waals surface area contributed by atoms with Gasteiger partial charge in [-0.3, -0.25) is 0 Å². The zero-order valence-corrected chi connectivity index (χ0v) is 11.7. The molecule has 4 heteroatoms. The van der Waals surface area contributed by atoms with Crippen LogP contribution in [0.4, 0.5) is 4.39 Å². The second-order valence-corrected chi connectivity index (χ2v) is 5.35. The van der Waals surface area contributed by atoms with Crippen molar-refractivity contribution in [2.45, 2.75) is 38.3 Å². The van der Waals surface area contributed by atoms with Gasteiger partial charge in [-0.15, -0.1) is 0 Å². The number of hydrogen-bond donors (Lipinski definition) is 1. The van der Waals surface area contributed by atoms with Crippen LogP contribution in [0.2, 0.25) is 0 Å². The van der Waals surface area contributed by atoms with E-state index in [4.69, 9.17) is 10.5 Å². The summed E-state index contributed by atoms with van der Waals surface area (Å²) >= 11 is 0. The van der Waals surface area contributed by atoms with E-state index in [1.54, 1.807) is 19.1 Å². The number of nitrogens with two attached hydrogens (primary N) is 1. The number of hydrogen-bond acceptors (Lipinski definition) is 3. The standard InChI is InChI=1S/C15H23FN2O/c1-11(17)15-13(16)6-3-7-14(15)19-10-8-12-5-4-9-18(12)2/h3,6-7,11-12H,4-5,8-10,17H2,1-2H3/t11-,12?/m0/s1. The van der Waals surface area contributed by atoms with E-state index < -0.39 is 0 Å². The van der Waals surface area contributed by atoms with E-state index in [-0.39, 0.29) is 11.9 Å². The molecule has 0 aromatic heterocycles. The molecule has 1 aromatic carbocycles. The summed E-state index contributed by atoms with van der Waals surface area (Å²) in [5, 5.41) is 0. The molecule has 0 amide bonds. The minimum atomic E-state index is -0.356. The second kappa shape index (κ2) is 6.35. The van der Waals surface area contributed by atoms with Crippen LogP contribution in [0.1, 0.15) is 37.8 Å². The Morgan fingerprint density at radius 2 is 2.32 bits per heavy atom. The Morgan fingerprint density at radius 1 is 1.53 bits per heavy atom. The van der Waals surface area contributed by atoms with Crippen LogP contribution < -0.4 is 10.5 Å². The number of benzene rings is 1. The zero-order valence-electron chi connectivity index (χ0n) is 11.7. The Bertz CT molecular complexity index is 423. The molecule has 0 spiro atoms. The van der Waals surface area contributed by atoms with Gasteiger partial charge in [-0.1, -0.05) is 6.07 Å². The third-order valence-electron chi connectivity index (χ3n) is 3.85. The van der Waals surface area contributed by atoms with Gasteiger partial charge >= 0.3 is 0 Å². The molecule has 1 aliphatic heterocycles. The molecule has 0 saturated carbocycles. The topological polar surface area (TPSA) is 38.5 Å². The van der Waals surface area contributed by atoms with Crippen LogP contribution >= 0.6 is 0 Å². The number of likely N-dealkylation sites (tertiary alicyclic amines) is 1. The molecular formula is C15H23FN2O. The van der Waals surface area contributed by atoms with Gasteiger partial charge in [0.25, 0.3) is 0 Å². The monoisotopic (exact) mass is 266 g/mol. The Morgan fingerprint density at radius 3 is 2.95 bits per heavy atom. The highest BCUT2D eigenvalue weighted by Crippen LogP contribution is 2.27. The molecule has 1 unspecified atom stereocenters. The second-order valence-electron chi connectivity index (χ2n) is 5.35. The summed E-state index contributed by atoms with van der Waals surface area (Å²) in [6, 6.07) is 5.12. The van der Waals surface area contributed by atoms with Crippen LogP contribution in [-0.4, -0.2) is 31.1 Å². The average molecular weight is 266 g/mol. The van der Waals surface area contributed by atoms with Crippen molar-refractivity contribution in [3.05, 3.63) is 29.6 Å². The van der Waals surface area contributed by atoms with Crippen LogP contribution in [0, 0.1) is 5.82 Å². The minimum Gasteiger partial charge on any atom is -0.493 e. The average Bonchev–Trinajstić information content (AvgIpc) is 2.75. The zero-order chi connectivity index (χ0) is 13.8. The lowest BCUT2D eigenvalue weighted by molar-refractivity contribution is 0.231. The van der Waals surface area contributed by atoms with Gasteiger partial charge in [0.2, 0.25) is 0 Å². The maximum atomic E-state index is 13.7. The lowest BCUT2D eigenvalue weighted by Crippen LogP contribution is -2.26. The van der Waals surface area contributed by atoms with Gasteiger partial charge in [-0.25, -0.2) is 4.39 Å². The molecular weight excluding hydrogens is 243 g/mol. The van der Waals surface area contributed by atoms with Gasteiger partial charge in [0, 0.05) is 17.6 Å². The van der Waals surface area contributed by atoms with E-state index in [1.807, 2.05) is 0 Å². The predicted molar refractivity (Wildman–Crippen MR) is 74.8 cm³/mol. The third kappa shape index (κ3) is 3.45. The molecule has 106 valence electrons. The molecule has 19 heavy (non-hydrogen) atoms. The lowest BCUT2D eigenvalue weighted by atomic mass is 10.1. The first-order valence-electron chi connectivity index (χ1n) is 6.96. The van der Waals surface area contributed by atoms with E-state index in [9.17, 15) is 4.39 Å². The summed E-state index contributed by atoms with van der Waals surface area (Å²) in [6.45, 7) is 3.55. The first kappa shape index (κ1) is 14.3. The van der Waals surface area contributed by atoms with Crippen molar-refractivity contribution in [3.8, 4) is 5.75 Å². The molecule has 2 atom stereocenters. The third-order valence-corrected chi connectivity index (χ3v) is 3.85. The smallest absolute Gasteiger partial charge is 0.131 e. The SMILES string of the molecule is C[C@H](N)c1c(F)cccc1OCCC1CCCN1C. The van der Waals surface area contributed by atoms with Crippen molar-refractivity contribution in [3.63, 3.8) is 0 Å². The highest BCUT2D eigenvalue weighted by atomic mass is 19.1. The maximum absolute atomic E-state index is 13.7. The molecule has 0 bridgehead atoms. The molecule has 1 saturated heterocycles. The Kier molecular flexibility index (Phi) is 4.77. The van der Waals surface area contributed by atoms with Crippen molar-refractivity contribution in [1.82, 2.24) is 4.90 Å². The quantitative estimate of drug-likeness (QED) is 0.890. The summed E-state index contributed by atoms with van der Waals surface area (Å²) < 4.78 is 19.5. The van der Waals surface area contributed by atoms with Gasteiger partial charge in [0.05, 0.1) is 6.61 Å². The summed E-state index contributed by atoms with van der Waals surface area (Å²) in [5.41, 5.74) is 6.28. The van der Waals surface area contributed by atoms with E-state index in [0.717, 1.165) is 13.0 Å². The van der Waals surface area contributed by atoms with Crippen LogP contribution in [0.15, 0.2) is 18.2 Å². The first-order chi connectivity index (χ1) is 9.09. The van der Waals surface area contributed by atoms with Gasteiger partial charge < -0.3 is 15.4 Å². The molecule has 2 rings (SSSR count). The molecule has 2 N–H and O–H groups in total. The molecule has 0 radical (unpaired) electrons. The van der Waals surface area contributed by atoms with Crippen molar-refractivity contribution < 1.29 is 9.13 Å². The number of ether oxygens (including phenoxy) is 1. The number of halogens is 1. The van der Waals surface area contributed by atoms with Gasteiger partial charge in [-0.2, -0.15) is 0 Å². The lowest BCUT2D eigenvalue weighted by Gasteiger charge is -2.20. The van der Waals surface area contributed by atoms with Crippen molar-refractivity contribution >= 4 is 0 Å². The number of nitrogens with zero attached hydrogens (tertiary/aromatic N) is 1. The van der Waals surface area contributed by atoms with Crippen molar-refractivity contribution in [2.75, 3.05) is 20.2 Å². The van der Waals surface area contributed by atoms with Gasteiger partial charge in [-0.05, 0) is 51.9 Å². The fourth-order valence-corrected chi connectivity index (χ4v) is 2.73. The largest absolute Gasteiger partial charge is 0.493 e. The van der Waals surface area contributed by atoms with Crippen molar-refractivity contribution in [1.29, 1.82) is 0 Å². The Hall–Kier alpha value is -1.13. The van der Waals surface area contributed by atoms with Crippen LogP contribution in [0.5, 0.6) is 5.75 Å². The van der Waals surface area contributed by atoms with Crippen LogP contribution in [0.3, 0.4) is 0 Å². The fraction of sp³-hybridized carbons (Fsp3) is 0.600. The highest BCUT2D eigenvalue weighted by molar-refractivity contribution is 5.36. The predicted octanol–water partition coefficient (Wildman–Crippen LogP) is 2.71. The molecule has 0 aliphatic carbocycles. The van der Waals surface area contributed by atoms with Crippen LogP contribution in [-0.2, 0) is 0 Å². The minimum absolute atomic E-state index is 0.287. The Balaban J connectivity index is 1.94. The van der Waals surface area contributed by atoms with Crippen LogP contribution in [0.25, 0.3) is 0 Å².